The maximum absolute atomic E-state index is 14.7. The van der Waals surface area contributed by atoms with Gasteiger partial charge in [-0.05, 0) is 69.5 Å². The molecule has 6 atom stereocenters. The minimum absolute atomic E-state index is 0.00000899. The van der Waals surface area contributed by atoms with Crippen LogP contribution in [0.1, 0.15) is 66.1 Å². The van der Waals surface area contributed by atoms with Crippen molar-refractivity contribution in [2.24, 2.45) is 0 Å². The van der Waals surface area contributed by atoms with E-state index in [4.69, 9.17) is 21.4 Å². The zero-order chi connectivity index (χ0) is 41.5. The van der Waals surface area contributed by atoms with Crippen molar-refractivity contribution in [3.63, 3.8) is 0 Å². The number of aliphatic hydroxyl groups excluding tert-OH is 1. The number of benzene rings is 1. The predicted molar refractivity (Wildman–Crippen MR) is 199 cm³/mol. The number of halogens is 1. The van der Waals surface area contributed by atoms with Gasteiger partial charge >= 0.3 is 5.97 Å². The molecule has 0 spiro atoms. The van der Waals surface area contributed by atoms with Gasteiger partial charge in [0.05, 0.1) is 16.8 Å². The molecule has 1 aromatic rings. The van der Waals surface area contributed by atoms with E-state index in [1.54, 1.807) is 13.8 Å². The predicted octanol–water partition coefficient (Wildman–Crippen LogP) is 1.01. The van der Waals surface area contributed by atoms with Gasteiger partial charge in [0.2, 0.25) is 11.8 Å². The normalized spacial score (nSPS) is 24.8. The molecule has 0 saturated heterocycles. The maximum Gasteiger partial charge on any atom is 0.330 e. The lowest BCUT2D eigenvalue weighted by Crippen LogP contribution is -2.65. The maximum atomic E-state index is 14.7. The van der Waals surface area contributed by atoms with Gasteiger partial charge in [0.25, 0.3) is 17.7 Å². The van der Waals surface area contributed by atoms with E-state index in [0.717, 1.165) is 11.8 Å². The number of carbonyl (C=O) groups excluding carboxylic acids is 6. The molecule has 0 fully saturated rings. The van der Waals surface area contributed by atoms with Gasteiger partial charge < -0.3 is 51.5 Å². The van der Waals surface area contributed by atoms with Gasteiger partial charge in [-0.25, -0.2) is 4.79 Å². The summed E-state index contributed by atoms with van der Waals surface area (Å²) in [6, 6.07) is -3.24. The average molecular weight is 787 g/mol. The van der Waals surface area contributed by atoms with Crippen LogP contribution in [0.25, 0.3) is 0 Å². The number of carboxylic acids is 1. The zero-order valence-corrected chi connectivity index (χ0v) is 32.3. The first-order valence-corrected chi connectivity index (χ1v) is 17.7. The molecular formula is C37H47ClN6O11. The number of hydrogen-bond donors (Lipinski definition) is 8. The van der Waals surface area contributed by atoms with Gasteiger partial charge in [-0.1, -0.05) is 44.2 Å². The Morgan fingerprint density at radius 2 is 1.75 bits per heavy atom. The molecule has 2 bridgehead atoms. The van der Waals surface area contributed by atoms with Gasteiger partial charge in [0.1, 0.15) is 41.6 Å². The summed E-state index contributed by atoms with van der Waals surface area (Å²) in [7, 11) is 1.41. The fraction of sp³-hybridized carbons (Fsp3) is 0.432. The standard InChI is InChI=1S/C37H47ClN6O11/c1-9-18(5)27(34(52)40-22(19(6)45)16-25(46)47)42-32(50)23-12-11-13-44(23)36(54)31-37(7,10-2)55-24-15-20(14-21(38)30(24)49)29(48)28(39-8)35(53)41-26(17(3)4)33(51)43-31/h11-12,14-16,23,26,28-29,31,39,48-49H,3,9-10,13H2,1-2,4-8H3,(H,40,52)(H,41,53)(H,42,50)(H,43,51)(H,46,47)/b22-16+,27-18+/t23-,26-,28-,29-,31+,37+/m0/s1. The van der Waals surface area contributed by atoms with Crippen LogP contribution in [0, 0.1) is 0 Å². The Balaban J connectivity index is 2.11. The number of phenolic OH excluding ortho intramolecular Hbond substituents is 1. The molecule has 8 N–H and O–H groups in total. The molecule has 0 radical (unpaired) electrons. The van der Waals surface area contributed by atoms with E-state index >= 15 is 0 Å². The second kappa shape index (κ2) is 18.2. The van der Waals surface area contributed by atoms with E-state index in [2.05, 4.69) is 33.2 Å². The molecule has 17 nitrogen and oxygen atoms in total. The van der Waals surface area contributed by atoms with Crippen molar-refractivity contribution in [3.05, 3.63) is 70.1 Å². The van der Waals surface area contributed by atoms with Gasteiger partial charge in [-0.15, -0.1) is 0 Å². The second-order valence-corrected chi connectivity index (χ2v) is 13.7. The minimum Gasteiger partial charge on any atom is -0.503 e. The lowest BCUT2D eigenvalue weighted by Gasteiger charge is -2.40. The number of nitrogens with zero attached hydrogens (tertiary/aromatic N) is 1. The number of phenols is 1. The molecule has 2 aliphatic heterocycles. The summed E-state index contributed by atoms with van der Waals surface area (Å²) >= 11 is 6.34. The van der Waals surface area contributed by atoms with Crippen molar-refractivity contribution in [1.82, 2.24) is 31.5 Å². The number of aromatic hydroxyl groups is 1. The molecule has 0 aliphatic carbocycles. The molecule has 0 unspecified atom stereocenters. The molecule has 0 aromatic heterocycles. The number of amides is 5. The van der Waals surface area contributed by atoms with Crippen molar-refractivity contribution >= 4 is 52.9 Å². The minimum atomic E-state index is -1.70. The Bertz CT molecular complexity index is 1870. The van der Waals surface area contributed by atoms with Crippen molar-refractivity contribution in [1.29, 1.82) is 0 Å². The number of allylic oxidation sites excluding steroid dienone is 2. The van der Waals surface area contributed by atoms with Gasteiger partial charge in [-0.3, -0.25) is 28.8 Å². The molecule has 298 valence electrons. The highest BCUT2D eigenvalue weighted by atomic mass is 35.5. The summed E-state index contributed by atoms with van der Waals surface area (Å²) in [5.74, 6) is -7.46. The van der Waals surface area contributed by atoms with E-state index in [-0.39, 0.29) is 47.0 Å². The lowest BCUT2D eigenvalue weighted by molar-refractivity contribution is -0.146. The number of aliphatic hydroxyl groups is 1. The quantitative estimate of drug-likeness (QED) is 0.116. The van der Waals surface area contributed by atoms with E-state index in [1.807, 2.05) is 0 Å². The van der Waals surface area contributed by atoms with Crippen LogP contribution in [0.5, 0.6) is 11.5 Å². The molecule has 2 heterocycles. The van der Waals surface area contributed by atoms with E-state index in [0.29, 0.717) is 11.6 Å². The highest BCUT2D eigenvalue weighted by molar-refractivity contribution is 6.32. The van der Waals surface area contributed by atoms with E-state index in [1.165, 1.54) is 52.1 Å². The molecule has 2 aliphatic rings. The zero-order valence-electron chi connectivity index (χ0n) is 31.5. The Morgan fingerprint density at radius 1 is 1.09 bits per heavy atom. The Hall–Kier alpha value is -5.52. The summed E-state index contributed by atoms with van der Waals surface area (Å²) in [4.78, 5) is 93.7. The number of hydrogen-bond acceptors (Lipinski definition) is 11. The summed E-state index contributed by atoms with van der Waals surface area (Å²) in [6.07, 6.45) is 2.13. The van der Waals surface area contributed by atoms with Crippen LogP contribution < -0.4 is 31.3 Å². The van der Waals surface area contributed by atoms with Crippen molar-refractivity contribution in [2.75, 3.05) is 13.6 Å². The van der Waals surface area contributed by atoms with Crippen molar-refractivity contribution in [2.45, 2.75) is 90.3 Å². The third-order valence-corrected chi connectivity index (χ3v) is 9.66. The Morgan fingerprint density at radius 3 is 2.29 bits per heavy atom. The highest BCUT2D eigenvalue weighted by Gasteiger charge is 2.47. The van der Waals surface area contributed by atoms with E-state index in [9.17, 15) is 43.8 Å². The molecule has 18 heteroatoms. The summed E-state index contributed by atoms with van der Waals surface area (Å²) in [6.45, 7) is 12.6. The number of ketones is 1. The number of Topliss-reactive ketones (excluding diaryl/α,β-unsaturated/α-hetero) is 1. The van der Waals surface area contributed by atoms with Crippen LogP contribution in [0.2, 0.25) is 5.02 Å². The fourth-order valence-corrected chi connectivity index (χ4v) is 6.03. The summed E-state index contributed by atoms with van der Waals surface area (Å²) < 4.78 is 6.31. The SMILES string of the molecule is C=C(C)[C@@H]1NC(=O)[C@@H](NC)[C@@H](O)c2cc(Cl)c(O)c(c2)O[C@](C)(CC)[C@@H](C(=O)N2CC=C[C@H]2C(=O)N/C(C(=O)N/C(=C/C(=O)O)C(C)=O)=C(\C)CC)NC1=O. The first-order valence-electron chi connectivity index (χ1n) is 17.3. The number of rotatable bonds is 11. The molecule has 1 aromatic carbocycles. The molecule has 3 rings (SSSR count). The monoisotopic (exact) mass is 786 g/mol. The largest absolute Gasteiger partial charge is 0.503 e. The van der Waals surface area contributed by atoms with Crippen LogP contribution in [0.3, 0.4) is 0 Å². The first kappa shape index (κ1) is 43.9. The van der Waals surface area contributed by atoms with Crippen LogP contribution in [0.4, 0.5) is 0 Å². The van der Waals surface area contributed by atoms with Crippen LogP contribution >= 0.6 is 11.6 Å². The number of ether oxygens (including phenoxy) is 1. The number of nitrogens with one attached hydrogen (secondary N) is 5. The second-order valence-electron chi connectivity index (χ2n) is 13.3. The lowest BCUT2D eigenvalue weighted by atomic mass is 9.90. The third kappa shape index (κ3) is 9.97. The fourth-order valence-electron chi connectivity index (χ4n) is 5.81. The van der Waals surface area contributed by atoms with Crippen molar-refractivity contribution < 1.29 is 53.6 Å². The third-order valence-electron chi connectivity index (χ3n) is 9.37. The Kier molecular flexibility index (Phi) is 14.5. The van der Waals surface area contributed by atoms with Gasteiger partial charge in [-0.2, -0.15) is 0 Å². The van der Waals surface area contributed by atoms with E-state index < -0.39 is 88.6 Å². The topological polar surface area (TPSA) is 253 Å². The summed E-state index contributed by atoms with van der Waals surface area (Å²) in [5.41, 5.74) is -1.93. The van der Waals surface area contributed by atoms with Crippen LogP contribution in [0.15, 0.2) is 59.5 Å². The average Bonchev–Trinajstić information content (AvgIpc) is 3.62. The molecule has 0 saturated carbocycles. The number of carbonyl (C=O) groups is 7. The summed E-state index contributed by atoms with van der Waals surface area (Å²) in [5, 5.41) is 43.7. The van der Waals surface area contributed by atoms with Crippen molar-refractivity contribution in [3.8, 4) is 11.5 Å². The molecule has 55 heavy (non-hydrogen) atoms. The smallest absolute Gasteiger partial charge is 0.330 e. The number of likely N-dealkylation sites (N-methyl/N-ethyl adjacent to an activating group) is 1. The van der Waals surface area contributed by atoms with Gasteiger partial charge in [0.15, 0.2) is 17.3 Å². The first-order chi connectivity index (χ1) is 25.7. The highest BCUT2D eigenvalue weighted by Crippen LogP contribution is 2.41. The Labute approximate surface area is 322 Å². The number of fused-ring (bicyclic) bond motifs is 2. The number of carboxylic acid groups (broad SMARTS) is 1. The van der Waals surface area contributed by atoms with Gasteiger partial charge in [0, 0.05) is 13.5 Å². The molecule has 5 amide bonds. The van der Waals surface area contributed by atoms with Crippen LogP contribution in [-0.4, -0.2) is 105 Å². The number of aliphatic carboxylic acids is 1. The van der Waals surface area contributed by atoms with Crippen LogP contribution in [-0.2, 0) is 33.6 Å². The molecular weight excluding hydrogens is 740 g/mol.